The Morgan fingerprint density at radius 1 is 1.12 bits per heavy atom. The second-order valence-electron chi connectivity index (χ2n) is 9.60. The van der Waals surface area contributed by atoms with E-state index >= 15 is 0 Å². The van der Waals surface area contributed by atoms with Crippen molar-refractivity contribution in [3.05, 3.63) is 92.8 Å². The Morgan fingerprint density at radius 2 is 1.90 bits per heavy atom. The van der Waals surface area contributed by atoms with E-state index < -0.39 is 10.0 Å². The van der Waals surface area contributed by atoms with Crippen LogP contribution in [0.3, 0.4) is 0 Å². The largest absolute Gasteiger partial charge is 0.377 e. The molecule has 2 aromatic carbocycles. The molecule has 3 aromatic heterocycles. The second-order valence-corrected chi connectivity index (χ2v) is 11.8. The molecule has 0 saturated carbocycles. The van der Waals surface area contributed by atoms with E-state index in [0.29, 0.717) is 40.1 Å². The number of imidazole rings is 1. The highest BCUT2D eigenvalue weighted by molar-refractivity contribution is 7.93. The van der Waals surface area contributed by atoms with Crippen molar-refractivity contribution >= 4 is 38.5 Å². The van der Waals surface area contributed by atoms with Gasteiger partial charge in [-0.15, -0.1) is 0 Å². The maximum absolute atomic E-state index is 14.1. The van der Waals surface area contributed by atoms with E-state index in [0.717, 1.165) is 15.4 Å². The number of fused-ring (bicyclic) bond motifs is 1. The number of nitrogens with zero attached hydrogens (tertiary/aromatic N) is 4. The van der Waals surface area contributed by atoms with Gasteiger partial charge in [-0.1, -0.05) is 53.2 Å². The summed E-state index contributed by atoms with van der Waals surface area (Å²) in [5.41, 5.74) is 4.12. The maximum Gasteiger partial charge on any atom is 0.326 e. The number of pyridine rings is 1. The van der Waals surface area contributed by atoms with Gasteiger partial charge in [0.2, 0.25) is 0 Å². The van der Waals surface area contributed by atoms with Crippen LogP contribution >= 0.6 is 11.6 Å². The molecule has 0 saturated heterocycles. The molecule has 0 bridgehead atoms. The number of methoxy groups -OCH3 is 1. The van der Waals surface area contributed by atoms with Crippen LogP contribution in [0.2, 0.25) is 5.15 Å². The molecule has 0 unspecified atom stereocenters. The Hall–Kier alpha value is -3.97. The van der Waals surface area contributed by atoms with Crippen LogP contribution in [0, 0.1) is 13.8 Å². The number of ether oxygens (including phenoxy) is 2. The molecule has 5 rings (SSSR count). The molecule has 0 amide bonds. The van der Waals surface area contributed by atoms with Gasteiger partial charge in [-0.05, 0) is 49.6 Å². The highest BCUT2D eigenvalue weighted by Gasteiger charge is 2.32. The van der Waals surface area contributed by atoms with Gasteiger partial charge >= 0.3 is 5.69 Å². The normalized spacial score (nSPS) is 11.8. The Balaban J connectivity index is 1.60. The number of hydrogen-bond donors (Lipinski definition) is 1. The molecule has 0 atom stereocenters. The summed E-state index contributed by atoms with van der Waals surface area (Å²) in [6.45, 7) is 6.04. The van der Waals surface area contributed by atoms with Gasteiger partial charge in [0.1, 0.15) is 18.0 Å². The molecule has 0 aliphatic carbocycles. The topological polar surface area (TPSA) is 133 Å². The van der Waals surface area contributed by atoms with Crippen molar-refractivity contribution in [2.45, 2.75) is 38.8 Å². The summed E-state index contributed by atoms with van der Waals surface area (Å²) < 4.78 is 47.3. The summed E-state index contributed by atoms with van der Waals surface area (Å²) in [4.78, 5) is 19.6. The van der Waals surface area contributed by atoms with Crippen LogP contribution in [0.1, 0.15) is 29.4 Å². The third-order valence-electron chi connectivity index (χ3n) is 6.98. The number of sulfonamides is 1. The van der Waals surface area contributed by atoms with Crippen LogP contribution in [0.25, 0.3) is 22.2 Å². The minimum Gasteiger partial charge on any atom is -0.377 e. The lowest BCUT2D eigenvalue weighted by atomic mass is 9.97. The summed E-state index contributed by atoms with van der Waals surface area (Å²) in [6, 6.07) is 14.1. The van der Waals surface area contributed by atoms with Crippen LogP contribution in [0.5, 0.6) is 0 Å². The Bertz CT molecular complexity index is 1910. The lowest BCUT2D eigenvalue weighted by molar-refractivity contribution is 0.134. The molecule has 42 heavy (non-hydrogen) atoms. The molecule has 13 heteroatoms. The number of halogens is 1. The molecule has 3 heterocycles. The zero-order chi connectivity index (χ0) is 30.0. The number of nitrogens with one attached hydrogen (secondary N) is 1. The van der Waals surface area contributed by atoms with E-state index in [1.165, 1.54) is 7.11 Å². The molecule has 1 N–H and O–H groups in total. The smallest absolute Gasteiger partial charge is 0.326 e. The minimum absolute atomic E-state index is 0.0718. The summed E-state index contributed by atoms with van der Waals surface area (Å²) in [5.74, 6) is 0.672. The lowest BCUT2D eigenvalue weighted by Gasteiger charge is -2.23. The average molecular weight is 612 g/mol. The van der Waals surface area contributed by atoms with Gasteiger partial charge in [0.25, 0.3) is 10.0 Å². The standard InChI is InChI=1S/C29H30ClN5O6S/c1-5-40-16-21-14-20(15-34-24-12-13-31-27(30)26(24)32-29(34)36)10-11-22(21)23-8-6-7-9-25(23)42(37,38)35(17-39-4)28-18(2)19(3)41-33-28/h6-14H,5,15-17H2,1-4H3,(H,32,36). The first-order valence-corrected chi connectivity index (χ1v) is 15.0. The summed E-state index contributed by atoms with van der Waals surface area (Å²) >= 11 is 6.18. The molecular weight excluding hydrogens is 582 g/mol. The number of rotatable bonds is 11. The first kappa shape index (κ1) is 29.5. The van der Waals surface area contributed by atoms with Crippen LogP contribution in [0.4, 0.5) is 5.82 Å². The van der Waals surface area contributed by atoms with Gasteiger partial charge in [0.05, 0.1) is 23.6 Å². The quantitative estimate of drug-likeness (QED) is 0.162. The van der Waals surface area contributed by atoms with Crippen LogP contribution in [-0.4, -0.2) is 48.6 Å². The zero-order valence-corrected chi connectivity index (χ0v) is 25.1. The zero-order valence-electron chi connectivity index (χ0n) is 23.5. The molecule has 0 spiro atoms. The van der Waals surface area contributed by atoms with E-state index in [9.17, 15) is 13.2 Å². The van der Waals surface area contributed by atoms with E-state index in [2.05, 4.69) is 15.1 Å². The molecule has 11 nitrogen and oxygen atoms in total. The van der Waals surface area contributed by atoms with Crippen molar-refractivity contribution in [1.29, 1.82) is 0 Å². The second kappa shape index (κ2) is 12.1. The predicted molar refractivity (Wildman–Crippen MR) is 159 cm³/mol. The van der Waals surface area contributed by atoms with Gasteiger partial charge in [0.15, 0.2) is 11.0 Å². The number of aryl methyl sites for hydroxylation is 1. The fourth-order valence-corrected chi connectivity index (χ4v) is 6.55. The van der Waals surface area contributed by atoms with Crippen LogP contribution in [0.15, 0.2) is 68.9 Å². The van der Waals surface area contributed by atoms with Crippen molar-refractivity contribution in [3.8, 4) is 11.1 Å². The van der Waals surface area contributed by atoms with Gasteiger partial charge in [-0.3, -0.25) is 4.57 Å². The number of aromatic amines is 1. The van der Waals surface area contributed by atoms with E-state index in [1.54, 1.807) is 54.9 Å². The Labute approximate surface area is 247 Å². The first-order valence-electron chi connectivity index (χ1n) is 13.1. The minimum atomic E-state index is -4.15. The van der Waals surface area contributed by atoms with Crippen molar-refractivity contribution < 1.29 is 22.4 Å². The molecule has 5 aromatic rings. The third-order valence-corrected chi connectivity index (χ3v) is 9.04. The van der Waals surface area contributed by atoms with Gasteiger partial charge in [0, 0.05) is 31.0 Å². The monoisotopic (exact) mass is 611 g/mol. The number of anilines is 1. The lowest BCUT2D eigenvalue weighted by Crippen LogP contribution is -2.34. The van der Waals surface area contributed by atoms with Crippen molar-refractivity contribution in [2.75, 3.05) is 24.8 Å². The predicted octanol–water partition coefficient (Wildman–Crippen LogP) is 5.03. The molecule has 0 radical (unpaired) electrons. The SMILES string of the molecule is CCOCc1cc(Cn2c(=O)[nH]c3c(Cl)nccc32)ccc1-c1ccccc1S(=O)(=O)N(COC)c1noc(C)c1C. The third kappa shape index (κ3) is 5.45. The molecule has 0 fully saturated rings. The molecule has 0 aliphatic rings. The van der Waals surface area contributed by atoms with E-state index in [-0.39, 0.29) is 41.4 Å². The molecule has 220 valence electrons. The van der Waals surface area contributed by atoms with Gasteiger partial charge in [-0.25, -0.2) is 22.5 Å². The highest BCUT2D eigenvalue weighted by atomic mass is 35.5. The number of benzene rings is 2. The summed E-state index contributed by atoms with van der Waals surface area (Å²) in [7, 11) is -2.73. The molecule has 0 aliphatic heterocycles. The summed E-state index contributed by atoms with van der Waals surface area (Å²) in [5, 5.41) is 4.21. The van der Waals surface area contributed by atoms with Crippen LogP contribution in [-0.2, 0) is 32.6 Å². The van der Waals surface area contributed by atoms with Crippen molar-refractivity contribution in [1.82, 2.24) is 19.7 Å². The van der Waals surface area contributed by atoms with Crippen molar-refractivity contribution in [2.24, 2.45) is 0 Å². The fraction of sp³-hybridized carbons (Fsp3) is 0.276. The van der Waals surface area contributed by atoms with Gasteiger partial charge < -0.3 is 19.0 Å². The number of aromatic nitrogens is 4. The Kier molecular flexibility index (Phi) is 8.50. The van der Waals surface area contributed by atoms with E-state index in [4.69, 9.17) is 25.6 Å². The molecular formula is C29H30ClN5O6S. The average Bonchev–Trinajstić information content (AvgIpc) is 3.48. The van der Waals surface area contributed by atoms with Gasteiger partial charge in [-0.2, -0.15) is 0 Å². The van der Waals surface area contributed by atoms with Crippen molar-refractivity contribution in [3.63, 3.8) is 0 Å². The maximum atomic E-state index is 14.1. The highest BCUT2D eigenvalue weighted by Crippen LogP contribution is 2.35. The number of H-pyrrole nitrogens is 1. The summed E-state index contributed by atoms with van der Waals surface area (Å²) in [6.07, 6.45) is 1.55. The van der Waals surface area contributed by atoms with Crippen LogP contribution < -0.4 is 9.99 Å². The Morgan fingerprint density at radius 3 is 2.62 bits per heavy atom. The fourth-order valence-electron chi connectivity index (χ4n) is 4.76. The number of hydrogen-bond acceptors (Lipinski definition) is 8. The van der Waals surface area contributed by atoms with E-state index in [1.807, 2.05) is 25.1 Å². The first-order chi connectivity index (χ1) is 20.2.